The molecule has 0 fully saturated rings. The molecule has 0 atom stereocenters. The van der Waals surface area contributed by atoms with Crippen LogP contribution >= 0.6 is 11.6 Å². The number of nitrogens with zero attached hydrogens (tertiary/aromatic N) is 2. The summed E-state index contributed by atoms with van der Waals surface area (Å²) in [5.74, 6) is -0.260. The van der Waals surface area contributed by atoms with Gasteiger partial charge in [0, 0.05) is 24.6 Å². The topological polar surface area (TPSA) is 16.1 Å². The van der Waals surface area contributed by atoms with Gasteiger partial charge in [-0.05, 0) is 30.3 Å². The van der Waals surface area contributed by atoms with Gasteiger partial charge in [0.2, 0.25) is 0 Å². The van der Waals surface area contributed by atoms with Crippen LogP contribution < -0.4 is 4.90 Å². The van der Waals surface area contributed by atoms with E-state index in [2.05, 4.69) is 4.98 Å². The van der Waals surface area contributed by atoms with Gasteiger partial charge in [0.05, 0.1) is 0 Å². The van der Waals surface area contributed by atoms with Crippen molar-refractivity contribution in [3.05, 3.63) is 53.6 Å². The number of hydrogen-bond donors (Lipinski definition) is 0. The predicted molar refractivity (Wildman–Crippen MR) is 63.7 cm³/mol. The average molecular weight is 237 g/mol. The summed E-state index contributed by atoms with van der Waals surface area (Å²) in [5.41, 5.74) is 1.63. The second-order valence-electron chi connectivity index (χ2n) is 3.38. The summed E-state index contributed by atoms with van der Waals surface area (Å²) < 4.78 is 13.1. The molecule has 0 N–H and O–H groups in total. The summed E-state index contributed by atoms with van der Waals surface area (Å²) in [6.07, 6.45) is 1.62. The Labute approximate surface area is 98.3 Å². The van der Waals surface area contributed by atoms with Gasteiger partial charge in [0.1, 0.15) is 11.0 Å². The van der Waals surface area contributed by atoms with Crippen LogP contribution in [0.1, 0.15) is 0 Å². The lowest BCUT2D eigenvalue weighted by molar-refractivity contribution is 0.628. The summed E-state index contributed by atoms with van der Waals surface area (Å²) in [5, 5.41) is 0.417. The van der Waals surface area contributed by atoms with Crippen LogP contribution in [-0.4, -0.2) is 12.0 Å². The molecule has 0 bridgehead atoms. The first-order valence-corrected chi connectivity index (χ1v) is 5.15. The number of benzene rings is 1. The second kappa shape index (κ2) is 4.49. The maximum Gasteiger partial charge on any atom is 0.131 e. The van der Waals surface area contributed by atoms with Gasteiger partial charge in [-0.2, -0.15) is 0 Å². The summed E-state index contributed by atoms with van der Waals surface area (Å²) in [7, 11) is 1.85. The van der Waals surface area contributed by atoms with Gasteiger partial charge in [0.15, 0.2) is 0 Å². The lowest BCUT2D eigenvalue weighted by Gasteiger charge is -2.19. The molecule has 0 aliphatic carbocycles. The van der Waals surface area contributed by atoms with Crippen molar-refractivity contribution in [3.63, 3.8) is 0 Å². The van der Waals surface area contributed by atoms with E-state index >= 15 is 0 Å². The quantitative estimate of drug-likeness (QED) is 0.740. The van der Waals surface area contributed by atoms with Crippen LogP contribution in [0.4, 0.5) is 15.8 Å². The molecule has 0 radical (unpaired) electrons. The van der Waals surface area contributed by atoms with Crippen LogP contribution in [0.25, 0.3) is 0 Å². The van der Waals surface area contributed by atoms with Gasteiger partial charge in [-0.15, -0.1) is 0 Å². The van der Waals surface area contributed by atoms with Gasteiger partial charge < -0.3 is 4.90 Å². The van der Waals surface area contributed by atoms with Crippen LogP contribution in [0.15, 0.2) is 42.6 Å². The molecule has 2 aromatic rings. The van der Waals surface area contributed by atoms with Crippen molar-refractivity contribution in [2.24, 2.45) is 0 Å². The Balaban J connectivity index is 2.35. The van der Waals surface area contributed by atoms with Crippen LogP contribution in [-0.2, 0) is 0 Å². The van der Waals surface area contributed by atoms with E-state index in [0.717, 1.165) is 11.4 Å². The molecule has 4 heteroatoms. The molecule has 0 spiro atoms. The lowest BCUT2D eigenvalue weighted by Crippen LogP contribution is -2.09. The molecule has 0 unspecified atom stereocenters. The van der Waals surface area contributed by atoms with E-state index in [9.17, 15) is 4.39 Å². The Morgan fingerprint density at radius 2 is 1.94 bits per heavy atom. The summed E-state index contributed by atoms with van der Waals surface area (Å²) in [4.78, 5) is 5.74. The Morgan fingerprint density at radius 1 is 1.19 bits per heavy atom. The predicted octanol–water partition coefficient (Wildman–Crippen LogP) is 3.64. The summed E-state index contributed by atoms with van der Waals surface area (Å²) in [6, 6.07) is 9.93. The van der Waals surface area contributed by atoms with Crippen molar-refractivity contribution in [3.8, 4) is 0 Å². The second-order valence-corrected chi connectivity index (χ2v) is 3.76. The first-order valence-electron chi connectivity index (χ1n) is 4.77. The van der Waals surface area contributed by atoms with Crippen molar-refractivity contribution in [1.82, 2.24) is 4.98 Å². The largest absolute Gasteiger partial charge is 0.344 e. The van der Waals surface area contributed by atoms with Crippen molar-refractivity contribution in [2.45, 2.75) is 0 Å². The molecule has 0 saturated heterocycles. The molecule has 1 aromatic heterocycles. The van der Waals surface area contributed by atoms with Crippen molar-refractivity contribution >= 4 is 23.0 Å². The minimum Gasteiger partial charge on any atom is -0.344 e. The van der Waals surface area contributed by atoms with E-state index in [1.807, 2.05) is 24.1 Å². The molecule has 2 rings (SSSR count). The van der Waals surface area contributed by atoms with Crippen LogP contribution in [0.2, 0.25) is 5.15 Å². The minimum atomic E-state index is -0.260. The fourth-order valence-corrected chi connectivity index (χ4v) is 1.60. The van der Waals surface area contributed by atoms with E-state index in [1.165, 1.54) is 12.1 Å². The van der Waals surface area contributed by atoms with E-state index in [0.29, 0.717) is 5.15 Å². The SMILES string of the molecule is CN(c1cccc(F)c1)c1ccnc(Cl)c1. The number of anilines is 2. The van der Waals surface area contributed by atoms with Gasteiger partial charge in [-0.3, -0.25) is 0 Å². The lowest BCUT2D eigenvalue weighted by atomic mass is 10.2. The molecule has 82 valence electrons. The third kappa shape index (κ3) is 2.31. The first-order chi connectivity index (χ1) is 7.66. The van der Waals surface area contributed by atoms with Gasteiger partial charge >= 0.3 is 0 Å². The number of hydrogen-bond acceptors (Lipinski definition) is 2. The number of rotatable bonds is 2. The molecule has 1 aromatic carbocycles. The minimum absolute atomic E-state index is 0.260. The zero-order valence-corrected chi connectivity index (χ0v) is 9.45. The highest BCUT2D eigenvalue weighted by atomic mass is 35.5. The van der Waals surface area contributed by atoms with E-state index < -0.39 is 0 Å². The molecule has 0 amide bonds. The molecule has 2 nitrogen and oxygen atoms in total. The van der Waals surface area contributed by atoms with Crippen LogP contribution in [0.5, 0.6) is 0 Å². The average Bonchev–Trinajstić information content (AvgIpc) is 2.28. The standard InChI is InChI=1S/C12H10ClFN2/c1-16(10-4-2-3-9(14)7-10)11-5-6-15-12(13)8-11/h2-8H,1H3. The van der Waals surface area contributed by atoms with Crippen molar-refractivity contribution in [2.75, 3.05) is 11.9 Å². The Morgan fingerprint density at radius 3 is 2.62 bits per heavy atom. The molecular formula is C12H10ClFN2. The Kier molecular flexibility index (Phi) is 3.06. The fourth-order valence-electron chi connectivity index (χ4n) is 1.43. The van der Waals surface area contributed by atoms with E-state index in [4.69, 9.17) is 11.6 Å². The highest BCUT2D eigenvalue weighted by Crippen LogP contribution is 2.24. The van der Waals surface area contributed by atoms with Crippen molar-refractivity contribution < 1.29 is 4.39 Å². The zero-order valence-electron chi connectivity index (χ0n) is 8.69. The summed E-state index contributed by atoms with van der Waals surface area (Å²) >= 11 is 5.80. The fraction of sp³-hybridized carbons (Fsp3) is 0.0833. The maximum absolute atomic E-state index is 13.1. The van der Waals surface area contributed by atoms with Crippen LogP contribution in [0.3, 0.4) is 0 Å². The third-order valence-corrected chi connectivity index (χ3v) is 2.50. The van der Waals surface area contributed by atoms with Gasteiger partial charge in [0.25, 0.3) is 0 Å². The molecule has 16 heavy (non-hydrogen) atoms. The zero-order chi connectivity index (χ0) is 11.5. The van der Waals surface area contributed by atoms with Gasteiger partial charge in [-0.25, -0.2) is 9.37 Å². The molecule has 0 aliphatic heterocycles. The number of halogens is 2. The van der Waals surface area contributed by atoms with Gasteiger partial charge in [-0.1, -0.05) is 17.7 Å². The molecule has 0 saturated carbocycles. The smallest absolute Gasteiger partial charge is 0.131 e. The molecule has 0 aliphatic rings. The normalized spacial score (nSPS) is 10.2. The van der Waals surface area contributed by atoms with Crippen molar-refractivity contribution in [1.29, 1.82) is 0 Å². The summed E-state index contributed by atoms with van der Waals surface area (Å²) in [6.45, 7) is 0. The Hall–Kier alpha value is -1.61. The molecule has 1 heterocycles. The third-order valence-electron chi connectivity index (χ3n) is 2.29. The maximum atomic E-state index is 13.1. The Bertz CT molecular complexity index is 456. The van der Waals surface area contributed by atoms with E-state index in [-0.39, 0.29) is 5.82 Å². The highest BCUT2D eigenvalue weighted by Gasteiger charge is 2.05. The first kappa shape index (κ1) is 10.9. The van der Waals surface area contributed by atoms with E-state index in [1.54, 1.807) is 18.3 Å². The van der Waals surface area contributed by atoms with Crippen LogP contribution in [0, 0.1) is 5.82 Å². The molecular weight excluding hydrogens is 227 g/mol. The monoisotopic (exact) mass is 236 g/mol. The number of aromatic nitrogens is 1. The number of pyridine rings is 1. The highest BCUT2D eigenvalue weighted by molar-refractivity contribution is 6.29.